The summed E-state index contributed by atoms with van der Waals surface area (Å²) in [5.41, 5.74) is 3.72. The van der Waals surface area contributed by atoms with Gasteiger partial charge in [-0.2, -0.15) is 0 Å². The molecule has 29 heavy (non-hydrogen) atoms. The van der Waals surface area contributed by atoms with Gasteiger partial charge in [0.15, 0.2) is 5.96 Å². The van der Waals surface area contributed by atoms with Crippen molar-refractivity contribution in [1.29, 1.82) is 0 Å². The standard InChI is InChI=1S/C23H31N5O/c1-19-9-7-8-10-20(19)18-26(3)23(24-2)25-17-22(29)28-15-13-27(14-16-28)21-11-5-4-6-12-21/h4-12H,13-18H2,1-3H3,(H,24,25). The van der Waals surface area contributed by atoms with Gasteiger partial charge >= 0.3 is 0 Å². The largest absolute Gasteiger partial charge is 0.368 e. The molecule has 154 valence electrons. The lowest BCUT2D eigenvalue weighted by Crippen LogP contribution is -2.52. The Morgan fingerprint density at radius 1 is 1.03 bits per heavy atom. The van der Waals surface area contributed by atoms with Gasteiger partial charge in [0.2, 0.25) is 5.91 Å². The SMILES string of the molecule is CN=C(NCC(=O)N1CCN(c2ccccc2)CC1)N(C)Cc1ccccc1C. The smallest absolute Gasteiger partial charge is 0.242 e. The van der Waals surface area contributed by atoms with Crippen LogP contribution in [0, 0.1) is 6.92 Å². The minimum Gasteiger partial charge on any atom is -0.368 e. The second kappa shape index (κ2) is 9.96. The minimum atomic E-state index is 0.114. The summed E-state index contributed by atoms with van der Waals surface area (Å²) in [5.74, 6) is 0.840. The first-order valence-electron chi connectivity index (χ1n) is 10.1. The number of para-hydroxylation sites is 1. The number of anilines is 1. The minimum absolute atomic E-state index is 0.114. The Bertz CT molecular complexity index is 828. The van der Waals surface area contributed by atoms with Crippen molar-refractivity contribution in [3.8, 4) is 0 Å². The number of rotatable bonds is 5. The van der Waals surface area contributed by atoms with Crippen molar-refractivity contribution >= 4 is 17.6 Å². The van der Waals surface area contributed by atoms with E-state index in [2.05, 4.69) is 58.5 Å². The maximum atomic E-state index is 12.7. The number of aryl methyl sites for hydroxylation is 1. The van der Waals surface area contributed by atoms with Crippen LogP contribution in [-0.2, 0) is 11.3 Å². The molecule has 1 amide bonds. The fraction of sp³-hybridized carbons (Fsp3) is 0.391. The normalized spacial score (nSPS) is 14.7. The molecule has 1 aliphatic heterocycles. The molecular formula is C23H31N5O. The molecule has 0 bridgehead atoms. The summed E-state index contributed by atoms with van der Waals surface area (Å²) < 4.78 is 0. The summed E-state index contributed by atoms with van der Waals surface area (Å²) in [6.45, 7) is 6.32. The van der Waals surface area contributed by atoms with Gasteiger partial charge < -0.3 is 20.0 Å². The molecule has 0 spiro atoms. The Kier molecular flexibility index (Phi) is 7.11. The highest BCUT2D eigenvalue weighted by atomic mass is 16.2. The summed E-state index contributed by atoms with van der Waals surface area (Å²) in [6.07, 6.45) is 0. The van der Waals surface area contributed by atoms with Gasteiger partial charge in [-0.25, -0.2) is 0 Å². The molecule has 0 unspecified atom stereocenters. The summed E-state index contributed by atoms with van der Waals surface area (Å²) in [6, 6.07) is 18.7. The van der Waals surface area contributed by atoms with E-state index in [1.54, 1.807) is 7.05 Å². The van der Waals surface area contributed by atoms with Crippen LogP contribution in [0.1, 0.15) is 11.1 Å². The molecule has 0 aliphatic carbocycles. The van der Waals surface area contributed by atoms with Gasteiger partial charge in [0.05, 0.1) is 6.54 Å². The maximum Gasteiger partial charge on any atom is 0.242 e. The van der Waals surface area contributed by atoms with Gasteiger partial charge in [-0.05, 0) is 30.2 Å². The third kappa shape index (κ3) is 5.50. The van der Waals surface area contributed by atoms with Crippen molar-refractivity contribution in [3.63, 3.8) is 0 Å². The number of nitrogens with one attached hydrogen (secondary N) is 1. The third-order valence-electron chi connectivity index (χ3n) is 5.39. The first-order chi connectivity index (χ1) is 14.1. The maximum absolute atomic E-state index is 12.7. The van der Waals surface area contributed by atoms with Crippen LogP contribution in [0.15, 0.2) is 59.6 Å². The fourth-order valence-corrected chi connectivity index (χ4v) is 3.62. The van der Waals surface area contributed by atoms with Crippen LogP contribution in [-0.4, -0.2) is 68.5 Å². The molecule has 1 saturated heterocycles. The molecule has 0 saturated carbocycles. The van der Waals surface area contributed by atoms with Crippen molar-refractivity contribution < 1.29 is 4.79 Å². The van der Waals surface area contributed by atoms with Crippen LogP contribution in [0.5, 0.6) is 0 Å². The van der Waals surface area contributed by atoms with Crippen molar-refractivity contribution in [2.75, 3.05) is 51.7 Å². The lowest BCUT2D eigenvalue weighted by Gasteiger charge is -2.36. The number of nitrogens with zero attached hydrogens (tertiary/aromatic N) is 4. The van der Waals surface area contributed by atoms with Gasteiger partial charge in [-0.1, -0.05) is 42.5 Å². The number of aliphatic imine (C=N–C) groups is 1. The van der Waals surface area contributed by atoms with Gasteiger partial charge in [0.1, 0.15) is 0 Å². The Morgan fingerprint density at radius 2 is 1.69 bits per heavy atom. The third-order valence-corrected chi connectivity index (χ3v) is 5.39. The highest BCUT2D eigenvalue weighted by molar-refractivity contribution is 5.86. The Hall–Kier alpha value is -3.02. The van der Waals surface area contributed by atoms with E-state index in [1.165, 1.54) is 16.8 Å². The number of piperazine rings is 1. The molecule has 2 aromatic rings. The first-order valence-corrected chi connectivity index (χ1v) is 10.1. The van der Waals surface area contributed by atoms with Crippen molar-refractivity contribution in [2.24, 2.45) is 4.99 Å². The van der Waals surface area contributed by atoms with Crippen LogP contribution in [0.3, 0.4) is 0 Å². The summed E-state index contributed by atoms with van der Waals surface area (Å²) in [7, 11) is 3.74. The van der Waals surface area contributed by atoms with Crippen LogP contribution in [0.4, 0.5) is 5.69 Å². The van der Waals surface area contributed by atoms with E-state index in [1.807, 2.05) is 35.0 Å². The number of amides is 1. The Morgan fingerprint density at radius 3 is 2.34 bits per heavy atom. The predicted octanol–water partition coefficient (Wildman–Crippen LogP) is 2.35. The van der Waals surface area contributed by atoms with E-state index in [4.69, 9.17) is 0 Å². The molecule has 1 fully saturated rings. The molecule has 1 N–H and O–H groups in total. The van der Waals surface area contributed by atoms with Gasteiger partial charge in [0.25, 0.3) is 0 Å². The van der Waals surface area contributed by atoms with Gasteiger partial charge in [0, 0.05) is 52.5 Å². The molecule has 6 heteroatoms. The molecule has 3 rings (SSSR count). The van der Waals surface area contributed by atoms with E-state index in [0.29, 0.717) is 0 Å². The number of benzene rings is 2. The number of hydrogen-bond acceptors (Lipinski definition) is 3. The van der Waals surface area contributed by atoms with Gasteiger partial charge in [-0.15, -0.1) is 0 Å². The first kappa shape index (κ1) is 20.7. The Balaban J connectivity index is 1.47. The molecule has 1 heterocycles. The van der Waals surface area contributed by atoms with E-state index >= 15 is 0 Å². The molecule has 1 aliphatic rings. The van der Waals surface area contributed by atoms with Gasteiger partial charge in [-0.3, -0.25) is 9.79 Å². The van der Waals surface area contributed by atoms with Crippen molar-refractivity contribution in [2.45, 2.75) is 13.5 Å². The quantitative estimate of drug-likeness (QED) is 0.626. The molecule has 0 radical (unpaired) electrons. The van der Waals surface area contributed by atoms with E-state index in [9.17, 15) is 4.79 Å². The molecule has 6 nitrogen and oxygen atoms in total. The average molecular weight is 394 g/mol. The highest BCUT2D eigenvalue weighted by Crippen LogP contribution is 2.15. The molecule has 0 atom stereocenters. The number of carbonyl (C=O) groups excluding carboxylic acids is 1. The lowest BCUT2D eigenvalue weighted by molar-refractivity contribution is -0.130. The highest BCUT2D eigenvalue weighted by Gasteiger charge is 2.21. The Labute approximate surface area is 173 Å². The zero-order valence-corrected chi connectivity index (χ0v) is 17.6. The molecule has 0 aromatic heterocycles. The van der Waals surface area contributed by atoms with Crippen molar-refractivity contribution in [1.82, 2.24) is 15.1 Å². The average Bonchev–Trinajstić information content (AvgIpc) is 2.76. The van der Waals surface area contributed by atoms with Crippen LogP contribution >= 0.6 is 0 Å². The summed E-state index contributed by atoms with van der Waals surface area (Å²) in [4.78, 5) is 23.3. The number of guanidine groups is 1. The van der Waals surface area contributed by atoms with Crippen LogP contribution in [0.2, 0.25) is 0 Å². The summed E-state index contributed by atoms with van der Waals surface area (Å²) >= 11 is 0. The second-order valence-electron chi connectivity index (χ2n) is 7.39. The number of carbonyl (C=O) groups is 1. The van der Waals surface area contributed by atoms with Crippen LogP contribution in [0.25, 0.3) is 0 Å². The lowest BCUT2D eigenvalue weighted by atomic mass is 10.1. The van der Waals surface area contributed by atoms with Crippen LogP contribution < -0.4 is 10.2 Å². The molecule has 2 aromatic carbocycles. The van der Waals surface area contributed by atoms with E-state index in [0.717, 1.165) is 38.7 Å². The predicted molar refractivity (Wildman–Crippen MR) is 119 cm³/mol. The monoisotopic (exact) mass is 393 g/mol. The number of hydrogen-bond donors (Lipinski definition) is 1. The van der Waals surface area contributed by atoms with E-state index in [-0.39, 0.29) is 12.5 Å². The fourth-order valence-electron chi connectivity index (χ4n) is 3.62. The van der Waals surface area contributed by atoms with Crippen molar-refractivity contribution in [3.05, 3.63) is 65.7 Å². The zero-order valence-electron chi connectivity index (χ0n) is 17.6. The second-order valence-corrected chi connectivity index (χ2v) is 7.39. The molecular weight excluding hydrogens is 362 g/mol. The summed E-state index contributed by atoms with van der Waals surface area (Å²) in [5, 5.41) is 3.22. The zero-order chi connectivity index (χ0) is 20.6. The van der Waals surface area contributed by atoms with E-state index < -0.39 is 0 Å². The topological polar surface area (TPSA) is 51.2 Å².